The van der Waals surface area contributed by atoms with Crippen molar-refractivity contribution in [2.75, 3.05) is 29.5 Å². The van der Waals surface area contributed by atoms with Crippen LogP contribution in [-0.4, -0.2) is 22.5 Å². The highest BCUT2D eigenvalue weighted by Gasteiger charge is 2.16. The molecule has 5 nitrogen and oxygen atoms in total. The van der Waals surface area contributed by atoms with E-state index in [2.05, 4.69) is 4.72 Å². The normalized spacial score (nSPS) is 11.2. The number of hydrogen-bond acceptors (Lipinski definition) is 4. The number of nitrogens with one attached hydrogen (secondary N) is 1. The van der Waals surface area contributed by atoms with Gasteiger partial charge >= 0.3 is 0 Å². The Labute approximate surface area is 123 Å². The predicted molar refractivity (Wildman–Crippen MR) is 82.4 cm³/mol. The highest BCUT2D eigenvalue weighted by Crippen LogP contribution is 2.21. The van der Waals surface area contributed by atoms with Crippen LogP contribution < -0.4 is 15.4 Å². The standard InChI is InChI=1S/C14H16FN3O2S/c1-18(2)11-5-3-10(4-6-11)17-21(19,20)12-7-8-14(16)13(15)9-12/h3-9,17H,16H2,1-2H3. The van der Waals surface area contributed by atoms with Gasteiger partial charge in [-0.15, -0.1) is 0 Å². The summed E-state index contributed by atoms with van der Waals surface area (Å²) in [5.74, 6) is -0.763. The van der Waals surface area contributed by atoms with Crippen LogP contribution in [0.5, 0.6) is 0 Å². The van der Waals surface area contributed by atoms with Crippen molar-refractivity contribution in [2.45, 2.75) is 4.90 Å². The Morgan fingerprint density at radius 1 is 1.10 bits per heavy atom. The smallest absolute Gasteiger partial charge is 0.261 e. The fraction of sp³-hybridized carbons (Fsp3) is 0.143. The van der Waals surface area contributed by atoms with Gasteiger partial charge in [0.15, 0.2) is 0 Å². The van der Waals surface area contributed by atoms with E-state index in [-0.39, 0.29) is 10.6 Å². The van der Waals surface area contributed by atoms with Crippen LogP contribution in [0, 0.1) is 5.82 Å². The monoisotopic (exact) mass is 309 g/mol. The summed E-state index contributed by atoms with van der Waals surface area (Å²) in [5.41, 5.74) is 6.58. The number of halogens is 1. The molecule has 0 aliphatic rings. The maximum absolute atomic E-state index is 13.4. The van der Waals surface area contributed by atoms with Gasteiger partial charge in [-0.25, -0.2) is 12.8 Å². The van der Waals surface area contributed by atoms with Crippen molar-refractivity contribution < 1.29 is 12.8 Å². The Morgan fingerprint density at radius 3 is 2.24 bits per heavy atom. The van der Waals surface area contributed by atoms with E-state index in [9.17, 15) is 12.8 Å². The van der Waals surface area contributed by atoms with E-state index < -0.39 is 15.8 Å². The molecule has 0 amide bonds. The summed E-state index contributed by atoms with van der Waals surface area (Å²) < 4.78 is 40.1. The van der Waals surface area contributed by atoms with Gasteiger partial charge in [0.05, 0.1) is 10.6 Å². The SMILES string of the molecule is CN(C)c1ccc(NS(=O)(=O)c2ccc(N)c(F)c2)cc1. The molecule has 2 aromatic rings. The molecule has 0 aromatic heterocycles. The Kier molecular flexibility index (Phi) is 4.04. The molecule has 21 heavy (non-hydrogen) atoms. The van der Waals surface area contributed by atoms with Crippen LogP contribution in [0.2, 0.25) is 0 Å². The number of nitrogen functional groups attached to an aromatic ring is 1. The zero-order valence-electron chi connectivity index (χ0n) is 11.7. The van der Waals surface area contributed by atoms with E-state index in [1.807, 2.05) is 19.0 Å². The molecule has 7 heteroatoms. The van der Waals surface area contributed by atoms with Crippen LogP contribution >= 0.6 is 0 Å². The number of anilines is 3. The molecule has 0 spiro atoms. The lowest BCUT2D eigenvalue weighted by molar-refractivity contribution is 0.596. The maximum Gasteiger partial charge on any atom is 0.261 e. The zero-order valence-corrected chi connectivity index (χ0v) is 12.5. The van der Waals surface area contributed by atoms with Gasteiger partial charge < -0.3 is 10.6 Å². The van der Waals surface area contributed by atoms with Crippen LogP contribution in [-0.2, 0) is 10.0 Å². The molecule has 112 valence electrons. The van der Waals surface area contributed by atoms with Crippen molar-refractivity contribution in [2.24, 2.45) is 0 Å². The molecule has 0 saturated carbocycles. The third-order valence-corrected chi connectivity index (χ3v) is 4.30. The van der Waals surface area contributed by atoms with Crippen LogP contribution in [0.4, 0.5) is 21.5 Å². The summed E-state index contributed by atoms with van der Waals surface area (Å²) in [6, 6.07) is 10.2. The van der Waals surface area contributed by atoms with Crippen molar-refractivity contribution in [3.63, 3.8) is 0 Å². The molecular weight excluding hydrogens is 293 g/mol. The van der Waals surface area contributed by atoms with E-state index in [0.717, 1.165) is 11.8 Å². The van der Waals surface area contributed by atoms with Crippen LogP contribution in [0.15, 0.2) is 47.4 Å². The highest BCUT2D eigenvalue weighted by atomic mass is 32.2. The molecule has 0 aliphatic carbocycles. The first kappa shape index (κ1) is 15.1. The van der Waals surface area contributed by atoms with Crippen LogP contribution in [0.25, 0.3) is 0 Å². The van der Waals surface area contributed by atoms with Gasteiger partial charge in [0.25, 0.3) is 10.0 Å². The Hall–Kier alpha value is -2.28. The summed E-state index contributed by atoms with van der Waals surface area (Å²) in [6.45, 7) is 0. The quantitative estimate of drug-likeness (QED) is 0.850. The summed E-state index contributed by atoms with van der Waals surface area (Å²) in [7, 11) is -0.0744. The number of sulfonamides is 1. The molecule has 0 bridgehead atoms. The number of hydrogen-bond donors (Lipinski definition) is 2. The van der Waals surface area contributed by atoms with E-state index >= 15 is 0 Å². The van der Waals surface area contributed by atoms with Crippen molar-refractivity contribution in [3.05, 3.63) is 48.3 Å². The van der Waals surface area contributed by atoms with E-state index in [1.54, 1.807) is 24.3 Å². The van der Waals surface area contributed by atoms with Gasteiger partial charge in [0.2, 0.25) is 0 Å². The Morgan fingerprint density at radius 2 is 1.71 bits per heavy atom. The lowest BCUT2D eigenvalue weighted by Gasteiger charge is -2.13. The van der Waals surface area contributed by atoms with Crippen LogP contribution in [0.3, 0.4) is 0 Å². The number of nitrogens with two attached hydrogens (primary N) is 1. The van der Waals surface area contributed by atoms with Gasteiger partial charge in [-0.3, -0.25) is 4.72 Å². The van der Waals surface area contributed by atoms with Crippen molar-refractivity contribution in [3.8, 4) is 0 Å². The third kappa shape index (κ3) is 3.43. The molecule has 0 radical (unpaired) electrons. The fourth-order valence-electron chi connectivity index (χ4n) is 1.72. The lowest BCUT2D eigenvalue weighted by atomic mass is 10.3. The molecule has 0 unspecified atom stereocenters. The van der Waals surface area contributed by atoms with Gasteiger partial charge in [0, 0.05) is 25.5 Å². The maximum atomic E-state index is 13.4. The Balaban J connectivity index is 2.26. The molecule has 3 N–H and O–H groups in total. The molecule has 2 aromatic carbocycles. The molecule has 0 fully saturated rings. The lowest BCUT2D eigenvalue weighted by Crippen LogP contribution is -2.14. The summed E-state index contributed by atoms with van der Waals surface area (Å²) in [5, 5.41) is 0. The van der Waals surface area contributed by atoms with Gasteiger partial charge in [-0.2, -0.15) is 0 Å². The second-order valence-corrected chi connectivity index (χ2v) is 6.41. The van der Waals surface area contributed by atoms with Crippen molar-refractivity contribution in [1.29, 1.82) is 0 Å². The first-order chi connectivity index (χ1) is 9.79. The second kappa shape index (κ2) is 5.61. The van der Waals surface area contributed by atoms with E-state index in [0.29, 0.717) is 5.69 Å². The van der Waals surface area contributed by atoms with Gasteiger partial charge in [0.1, 0.15) is 5.82 Å². The summed E-state index contributed by atoms with van der Waals surface area (Å²) in [6.07, 6.45) is 0. The molecule has 0 saturated heterocycles. The fourth-order valence-corrected chi connectivity index (χ4v) is 2.79. The summed E-state index contributed by atoms with van der Waals surface area (Å²) >= 11 is 0. The molecule has 0 atom stereocenters. The average Bonchev–Trinajstić information content (AvgIpc) is 2.42. The highest BCUT2D eigenvalue weighted by molar-refractivity contribution is 7.92. The predicted octanol–water partition coefficient (Wildman–Crippen LogP) is 2.27. The third-order valence-electron chi connectivity index (χ3n) is 2.92. The minimum absolute atomic E-state index is 0.0933. The van der Waals surface area contributed by atoms with Gasteiger partial charge in [-0.05, 0) is 42.5 Å². The molecule has 0 heterocycles. The minimum atomic E-state index is -3.84. The number of nitrogens with zero attached hydrogens (tertiary/aromatic N) is 1. The first-order valence-corrected chi connectivity index (χ1v) is 7.63. The number of rotatable bonds is 4. The molecule has 2 rings (SSSR count). The largest absolute Gasteiger partial charge is 0.396 e. The van der Waals surface area contributed by atoms with E-state index in [1.165, 1.54) is 12.1 Å². The summed E-state index contributed by atoms with van der Waals surface area (Å²) in [4.78, 5) is 1.72. The van der Waals surface area contributed by atoms with E-state index in [4.69, 9.17) is 5.73 Å². The van der Waals surface area contributed by atoms with Crippen LogP contribution in [0.1, 0.15) is 0 Å². The minimum Gasteiger partial charge on any atom is -0.396 e. The first-order valence-electron chi connectivity index (χ1n) is 6.15. The van der Waals surface area contributed by atoms with Gasteiger partial charge in [-0.1, -0.05) is 0 Å². The van der Waals surface area contributed by atoms with Crippen molar-refractivity contribution >= 4 is 27.1 Å². The average molecular weight is 309 g/mol. The molecular formula is C14H16FN3O2S. The topological polar surface area (TPSA) is 75.4 Å². The molecule has 0 aliphatic heterocycles. The number of benzene rings is 2. The van der Waals surface area contributed by atoms with Crippen molar-refractivity contribution in [1.82, 2.24) is 0 Å². The zero-order chi connectivity index (χ0) is 15.6. The second-order valence-electron chi connectivity index (χ2n) is 4.73. The Bertz CT molecular complexity index is 743.